The van der Waals surface area contributed by atoms with Crippen LogP contribution >= 0.6 is 0 Å². The second-order valence-corrected chi connectivity index (χ2v) is 5.54. The summed E-state index contributed by atoms with van der Waals surface area (Å²) in [6, 6.07) is 1.97. The summed E-state index contributed by atoms with van der Waals surface area (Å²) in [5, 5.41) is 3.44. The summed E-state index contributed by atoms with van der Waals surface area (Å²) in [7, 11) is 1.66. The van der Waals surface area contributed by atoms with Gasteiger partial charge < -0.3 is 19.5 Å². The topological polar surface area (TPSA) is 52.6 Å². The molecular formula is C15H26N2O3. The molecule has 20 heavy (non-hydrogen) atoms. The van der Waals surface area contributed by atoms with E-state index in [0.717, 1.165) is 17.9 Å². The first kappa shape index (κ1) is 16.9. The number of methoxy groups -OCH3 is 1. The van der Waals surface area contributed by atoms with Crippen LogP contribution in [-0.4, -0.2) is 44.1 Å². The van der Waals surface area contributed by atoms with Crippen LogP contribution in [0.15, 0.2) is 18.5 Å². The average Bonchev–Trinajstić information content (AvgIpc) is 2.40. The lowest BCUT2D eigenvalue weighted by Gasteiger charge is -2.21. The maximum absolute atomic E-state index is 5.71. The van der Waals surface area contributed by atoms with Crippen LogP contribution in [-0.2, 0) is 16.0 Å². The number of ether oxygens (including phenoxy) is 3. The molecule has 0 bridgehead atoms. The molecule has 0 fully saturated rings. The van der Waals surface area contributed by atoms with Gasteiger partial charge in [-0.15, -0.1) is 0 Å². The molecule has 1 heterocycles. The minimum atomic E-state index is 0.0732. The van der Waals surface area contributed by atoms with Gasteiger partial charge in [0.05, 0.1) is 26.0 Å². The maximum atomic E-state index is 5.71. The van der Waals surface area contributed by atoms with Crippen LogP contribution in [0.5, 0.6) is 5.75 Å². The third-order valence-corrected chi connectivity index (χ3v) is 2.60. The van der Waals surface area contributed by atoms with Gasteiger partial charge in [-0.2, -0.15) is 0 Å². The normalized spacial score (nSPS) is 11.6. The summed E-state index contributed by atoms with van der Waals surface area (Å²) in [5.74, 6) is 0.805. The third kappa shape index (κ3) is 7.43. The van der Waals surface area contributed by atoms with E-state index in [0.29, 0.717) is 26.4 Å². The Balaban J connectivity index is 2.37. The molecule has 1 aromatic rings. The molecule has 5 nitrogen and oxygen atoms in total. The van der Waals surface area contributed by atoms with Crippen molar-refractivity contribution in [3.05, 3.63) is 24.0 Å². The van der Waals surface area contributed by atoms with E-state index in [1.165, 1.54) is 0 Å². The first-order valence-corrected chi connectivity index (χ1v) is 6.90. The molecule has 0 aliphatic rings. The summed E-state index contributed by atoms with van der Waals surface area (Å²) in [6.07, 6.45) is 3.52. The molecule has 1 aromatic heterocycles. The molecule has 0 atom stereocenters. The monoisotopic (exact) mass is 282 g/mol. The highest BCUT2D eigenvalue weighted by molar-refractivity contribution is 5.29. The van der Waals surface area contributed by atoms with Gasteiger partial charge in [0.2, 0.25) is 0 Å². The highest BCUT2D eigenvalue weighted by Crippen LogP contribution is 2.17. The summed E-state index contributed by atoms with van der Waals surface area (Å²) >= 11 is 0. The Morgan fingerprint density at radius 2 is 1.90 bits per heavy atom. The van der Waals surface area contributed by atoms with E-state index in [-0.39, 0.29) is 5.54 Å². The van der Waals surface area contributed by atoms with E-state index < -0.39 is 0 Å². The first-order chi connectivity index (χ1) is 9.53. The Labute approximate surface area is 121 Å². The minimum Gasteiger partial charge on any atom is -0.489 e. The number of aromatic nitrogens is 1. The van der Waals surface area contributed by atoms with Crippen LogP contribution in [0.3, 0.4) is 0 Å². The fourth-order valence-electron chi connectivity index (χ4n) is 1.50. The van der Waals surface area contributed by atoms with Gasteiger partial charge >= 0.3 is 0 Å². The highest BCUT2D eigenvalue weighted by Gasteiger charge is 2.10. The predicted octanol–water partition coefficient (Wildman–Crippen LogP) is 2.01. The molecule has 0 radical (unpaired) electrons. The molecule has 114 valence electrons. The van der Waals surface area contributed by atoms with Crippen molar-refractivity contribution >= 4 is 0 Å². The quantitative estimate of drug-likeness (QED) is 0.702. The first-order valence-electron chi connectivity index (χ1n) is 6.90. The molecule has 0 unspecified atom stereocenters. The van der Waals surface area contributed by atoms with Crippen molar-refractivity contribution in [2.24, 2.45) is 0 Å². The summed E-state index contributed by atoms with van der Waals surface area (Å²) < 4.78 is 16.0. The highest BCUT2D eigenvalue weighted by atomic mass is 16.5. The van der Waals surface area contributed by atoms with Gasteiger partial charge in [-0.05, 0) is 26.8 Å². The third-order valence-electron chi connectivity index (χ3n) is 2.60. The van der Waals surface area contributed by atoms with Crippen molar-refractivity contribution in [1.82, 2.24) is 10.3 Å². The summed E-state index contributed by atoms with van der Waals surface area (Å²) in [4.78, 5) is 4.10. The standard InChI is InChI=1S/C15H26N2O3/c1-15(2,3)17-11-13-5-6-16-12-14(13)20-10-9-19-8-7-18-4/h5-6,12,17H,7-11H2,1-4H3. The molecule has 0 saturated carbocycles. The number of nitrogens with one attached hydrogen (secondary N) is 1. The van der Waals surface area contributed by atoms with Crippen LogP contribution in [0.25, 0.3) is 0 Å². The molecule has 5 heteroatoms. The molecule has 0 aromatic carbocycles. The van der Waals surface area contributed by atoms with Crippen molar-refractivity contribution in [3.8, 4) is 5.75 Å². The maximum Gasteiger partial charge on any atom is 0.142 e. The van der Waals surface area contributed by atoms with Crippen LogP contribution < -0.4 is 10.1 Å². The van der Waals surface area contributed by atoms with E-state index in [1.54, 1.807) is 19.5 Å². The molecular weight excluding hydrogens is 256 g/mol. The summed E-state index contributed by atoms with van der Waals surface area (Å²) in [5.41, 5.74) is 1.18. The molecule has 1 rings (SSSR count). The lowest BCUT2D eigenvalue weighted by molar-refractivity contribution is 0.0542. The van der Waals surface area contributed by atoms with Gasteiger partial charge in [0.25, 0.3) is 0 Å². The van der Waals surface area contributed by atoms with Crippen LogP contribution in [0.2, 0.25) is 0 Å². The van der Waals surface area contributed by atoms with Gasteiger partial charge in [-0.3, -0.25) is 4.98 Å². The smallest absolute Gasteiger partial charge is 0.142 e. The van der Waals surface area contributed by atoms with Crippen LogP contribution in [0.1, 0.15) is 26.3 Å². The van der Waals surface area contributed by atoms with E-state index in [1.807, 2.05) is 6.07 Å². The van der Waals surface area contributed by atoms with Crippen molar-refractivity contribution in [2.75, 3.05) is 33.5 Å². The van der Waals surface area contributed by atoms with Crippen LogP contribution in [0.4, 0.5) is 0 Å². The fourth-order valence-corrected chi connectivity index (χ4v) is 1.50. The second-order valence-electron chi connectivity index (χ2n) is 5.54. The Kier molecular flexibility index (Phi) is 7.51. The van der Waals surface area contributed by atoms with E-state index in [4.69, 9.17) is 14.2 Å². The Bertz CT molecular complexity index is 378. The molecule has 0 amide bonds. The fraction of sp³-hybridized carbons (Fsp3) is 0.667. The van der Waals surface area contributed by atoms with Gasteiger partial charge in [0, 0.05) is 31.0 Å². The van der Waals surface area contributed by atoms with E-state index >= 15 is 0 Å². The molecule has 0 saturated heterocycles. The minimum absolute atomic E-state index is 0.0732. The van der Waals surface area contributed by atoms with Gasteiger partial charge in [0.15, 0.2) is 0 Å². The number of rotatable bonds is 9. The molecule has 1 N–H and O–H groups in total. The Hall–Kier alpha value is -1.17. The van der Waals surface area contributed by atoms with E-state index in [9.17, 15) is 0 Å². The number of nitrogens with zero attached hydrogens (tertiary/aromatic N) is 1. The van der Waals surface area contributed by atoms with Crippen molar-refractivity contribution in [1.29, 1.82) is 0 Å². The molecule has 0 aliphatic carbocycles. The van der Waals surface area contributed by atoms with Crippen LogP contribution in [0, 0.1) is 0 Å². The second kappa shape index (κ2) is 8.89. The lowest BCUT2D eigenvalue weighted by atomic mass is 10.1. The van der Waals surface area contributed by atoms with Gasteiger partial charge in [-0.25, -0.2) is 0 Å². The Morgan fingerprint density at radius 3 is 2.60 bits per heavy atom. The zero-order valence-corrected chi connectivity index (χ0v) is 12.9. The van der Waals surface area contributed by atoms with Crippen molar-refractivity contribution in [2.45, 2.75) is 32.9 Å². The zero-order chi connectivity index (χ0) is 14.8. The van der Waals surface area contributed by atoms with Gasteiger partial charge in [0.1, 0.15) is 12.4 Å². The lowest BCUT2D eigenvalue weighted by Crippen LogP contribution is -2.35. The van der Waals surface area contributed by atoms with Crippen molar-refractivity contribution < 1.29 is 14.2 Å². The molecule has 0 aliphatic heterocycles. The largest absolute Gasteiger partial charge is 0.489 e. The van der Waals surface area contributed by atoms with E-state index in [2.05, 4.69) is 31.1 Å². The number of hydrogen-bond donors (Lipinski definition) is 1. The zero-order valence-electron chi connectivity index (χ0n) is 12.9. The van der Waals surface area contributed by atoms with Crippen molar-refractivity contribution in [3.63, 3.8) is 0 Å². The Morgan fingerprint density at radius 1 is 1.15 bits per heavy atom. The number of pyridine rings is 1. The average molecular weight is 282 g/mol. The number of hydrogen-bond acceptors (Lipinski definition) is 5. The SMILES string of the molecule is COCCOCCOc1cnccc1CNC(C)(C)C. The molecule has 0 spiro atoms. The predicted molar refractivity (Wildman–Crippen MR) is 79.0 cm³/mol. The van der Waals surface area contributed by atoms with Gasteiger partial charge in [-0.1, -0.05) is 0 Å². The summed E-state index contributed by atoms with van der Waals surface area (Å²) in [6.45, 7) is 9.42.